The number of piperazine rings is 1. The number of rotatable bonds is 6. The summed E-state index contributed by atoms with van der Waals surface area (Å²) in [5.74, 6) is 1.31. The molecule has 2 aliphatic rings. The number of para-hydroxylation sites is 1. The molecule has 2 N–H and O–H groups in total. The summed E-state index contributed by atoms with van der Waals surface area (Å²) in [5.41, 5.74) is 0.822. The molecule has 2 unspecified atom stereocenters. The van der Waals surface area contributed by atoms with Crippen molar-refractivity contribution >= 4 is 17.5 Å². The molecule has 27 heavy (non-hydrogen) atoms. The van der Waals surface area contributed by atoms with Crippen molar-refractivity contribution in [2.24, 2.45) is 11.8 Å². The molecule has 0 radical (unpaired) electrons. The lowest BCUT2D eigenvalue weighted by atomic mass is 9.85. The number of hydrogen-bond donors (Lipinski definition) is 2. The number of benzene rings is 1. The highest BCUT2D eigenvalue weighted by atomic mass is 16.2. The van der Waals surface area contributed by atoms with E-state index in [1.54, 1.807) is 0 Å². The van der Waals surface area contributed by atoms with E-state index in [4.69, 9.17) is 0 Å². The fourth-order valence-corrected chi connectivity index (χ4v) is 4.02. The molecule has 148 valence electrons. The number of piperidine rings is 1. The SMILES string of the molecule is CC(CC(=O)N1CCN(CC(=O)Nc2ccccc2)CC1)C1CCCNC1. The molecule has 2 heterocycles. The molecule has 2 amide bonds. The maximum atomic E-state index is 12.6. The smallest absolute Gasteiger partial charge is 0.238 e. The summed E-state index contributed by atoms with van der Waals surface area (Å²) in [5, 5.41) is 6.36. The van der Waals surface area contributed by atoms with Crippen LogP contribution in [0.3, 0.4) is 0 Å². The van der Waals surface area contributed by atoms with E-state index in [0.29, 0.717) is 37.9 Å². The Morgan fingerprint density at radius 3 is 2.59 bits per heavy atom. The van der Waals surface area contributed by atoms with Gasteiger partial charge in [-0.05, 0) is 49.9 Å². The lowest BCUT2D eigenvalue weighted by Gasteiger charge is -2.36. The van der Waals surface area contributed by atoms with Crippen LogP contribution in [0.5, 0.6) is 0 Å². The fraction of sp³-hybridized carbons (Fsp3) is 0.619. The van der Waals surface area contributed by atoms with Crippen molar-refractivity contribution in [1.29, 1.82) is 0 Å². The first kappa shape index (κ1) is 19.8. The van der Waals surface area contributed by atoms with Crippen molar-refractivity contribution in [2.45, 2.75) is 26.2 Å². The molecule has 0 saturated carbocycles. The van der Waals surface area contributed by atoms with Gasteiger partial charge in [0.25, 0.3) is 0 Å². The van der Waals surface area contributed by atoms with Crippen LogP contribution in [0.4, 0.5) is 5.69 Å². The van der Waals surface area contributed by atoms with Gasteiger partial charge in [-0.25, -0.2) is 0 Å². The van der Waals surface area contributed by atoms with E-state index in [-0.39, 0.29) is 11.8 Å². The van der Waals surface area contributed by atoms with Crippen LogP contribution in [0.25, 0.3) is 0 Å². The van der Waals surface area contributed by atoms with Gasteiger partial charge >= 0.3 is 0 Å². The largest absolute Gasteiger partial charge is 0.340 e. The third-order valence-corrected chi connectivity index (χ3v) is 5.79. The second kappa shape index (κ2) is 9.85. The first-order valence-corrected chi connectivity index (χ1v) is 10.2. The third-order valence-electron chi connectivity index (χ3n) is 5.79. The average Bonchev–Trinajstić information content (AvgIpc) is 2.70. The summed E-state index contributed by atoms with van der Waals surface area (Å²) < 4.78 is 0. The predicted molar refractivity (Wildman–Crippen MR) is 107 cm³/mol. The highest BCUT2D eigenvalue weighted by Crippen LogP contribution is 2.23. The zero-order valence-corrected chi connectivity index (χ0v) is 16.3. The molecule has 2 atom stereocenters. The minimum Gasteiger partial charge on any atom is -0.340 e. The maximum Gasteiger partial charge on any atom is 0.238 e. The lowest BCUT2D eigenvalue weighted by Crippen LogP contribution is -2.50. The Morgan fingerprint density at radius 2 is 1.93 bits per heavy atom. The molecule has 1 aromatic rings. The van der Waals surface area contributed by atoms with Crippen molar-refractivity contribution in [3.8, 4) is 0 Å². The van der Waals surface area contributed by atoms with Gasteiger partial charge in [-0.3, -0.25) is 14.5 Å². The normalized spacial score (nSPS) is 22.3. The molecule has 2 saturated heterocycles. The molecule has 0 spiro atoms. The minimum atomic E-state index is -0.000558. The zero-order valence-electron chi connectivity index (χ0n) is 16.3. The Kier molecular flexibility index (Phi) is 7.24. The molecule has 2 fully saturated rings. The van der Waals surface area contributed by atoms with E-state index in [1.165, 1.54) is 12.8 Å². The molecule has 3 rings (SSSR count). The van der Waals surface area contributed by atoms with Gasteiger partial charge in [-0.1, -0.05) is 25.1 Å². The molecule has 0 aromatic heterocycles. The van der Waals surface area contributed by atoms with E-state index >= 15 is 0 Å². The van der Waals surface area contributed by atoms with Crippen LogP contribution >= 0.6 is 0 Å². The minimum absolute atomic E-state index is 0.000558. The van der Waals surface area contributed by atoms with E-state index in [0.717, 1.165) is 31.9 Å². The van der Waals surface area contributed by atoms with Gasteiger partial charge in [-0.15, -0.1) is 0 Å². The van der Waals surface area contributed by atoms with E-state index in [9.17, 15) is 9.59 Å². The number of nitrogens with one attached hydrogen (secondary N) is 2. The Hall–Kier alpha value is -1.92. The van der Waals surface area contributed by atoms with Crippen LogP contribution in [-0.2, 0) is 9.59 Å². The molecule has 6 heteroatoms. The van der Waals surface area contributed by atoms with Crippen molar-refractivity contribution in [2.75, 3.05) is 51.1 Å². The summed E-state index contributed by atoms with van der Waals surface area (Å²) in [7, 11) is 0. The van der Waals surface area contributed by atoms with Crippen LogP contribution in [-0.4, -0.2) is 67.4 Å². The highest BCUT2D eigenvalue weighted by molar-refractivity contribution is 5.92. The first-order valence-electron chi connectivity index (χ1n) is 10.2. The van der Waals surface area contributed by atoms with Gasteiger partial charge in [0.05, 0.1) is 6.54 Å². The number of amides is 2. The van der Waals surface area contributed by atoms with Gasteiger partial charge in [0, 0.05) is 38.3 Å². The molecule has 0 bridgehead atoms. The van der Waals surface area contributed by atoms with E-state index in [1.807, 2.05) is 35.2 Å². The van der Waals surface area contributed by atoms with Crippen molar-refractivity contribution in [3.05, 3.63) is 30.3 Å². The Bertz CT molecular complexity index is 608. The molecular weight excluding hydrogens is 340 g/mol. The Morgan fingerprint density at radius 1 is 1.19 bits per heavy atom. The first-order chi connectivity index (χ1) is 13.1. The summed E-state index contributed by atoms with van der Waals surface area (Å²) in [6, 6.07) is 9.52. The molecule has 2 aliphatic heterocycles. The van der Waals surface area contributed by atoms with Crippen molar-refractivity contribution in [3.63, 3.8) is 0 Å². The standard InChI is InChI=1S/C21H32N4O2/c1-17(18-6-5-9-22-15-18)14-21(27)25-12-10-24(11-13-25)16-20(26)23-19-7-3-2-4-8-19/h2-4,7-8,17-18,22H,5-6,9-16H2,1H3,(H,23,26). The van der Waals surface area contributed by atoms with Gasteiger partial charge in [0.1, 0.15) is 0 Å². The number of carbonyl (C=O) groups is 2. The van der Waals surface area contributed by atoms with Crippen molar-refractivity contribution < 1.29 is 9.59 Å². The fourth-order valence-electron chi connectivity index (χ4n) is 4.02. The van der Waals surface area contributed by atoms with Crippen LogP contribution < -0.4 is 10.6 Å². The molecule has 6 nitrogen and oxygen atoms in total. The van der Waals surface area contributed by atoms with E-state index < -0.39 is 0 Å². The quantitative estimate of drug-likeness (QED) is 0.799. The second-order valence-electron chi connectivity index (χ2n) is 7.86. The summed E-state index contributed by atoms with van der Waals surface area (Å²) in [6.07, 6.45) is 3.08. The maximum absolute atomic E-state index is 12.6. The average molecular weight is 373 g/mol. The van der Waals surface area contributed by atoms with Gasteiger partial charge in [0.2, 0.25) is 11.8 Å². The van der Waals surface area contributed by atoms with E-state index in [2.05, 4.69) is 22.5 Å². The topological polar surface area (TPSA) is 64.7 Å². The Labute approximate surface area is 162 Å². The van der Waals surface area contributed by atoms with Crippen LogP contribution in [0.2, 0.25) is 0 Å². The predicted octanol–water partition coefficient (Wildman–Crippen LogP) is 1.80. The number of carbonyl (C=O) groups excluding carboxylic acids is 2. The van der Waals surface area contributed by atoms with Gasteiger partial charge < -0.3 is 15.5 Å². The van der Waals surface area contributed by atoms with Crippen molar-refractivity contribution in [1.82, 2.24) is 15.1 Å². The van der Waals surface area contributed by atoms with Crippen LogP contribution in [0, 0.1) is 11.8 Å². The Balaban J connectivity index is 1.37. The molecule has 1 aromatic carbocycles. The van der Waals surface area contributed by atoms with Gasteiger partial charge in [-0.2, -0.15) is 0 Å². The van der Waals surface area contributed by atoms with Crippen LogP contribution in [0.15, 0.2) is 30.3 Å². The van der Waals surface area contributed by atoms with Gasteiger partial charge in [0.15, 0.2) is 0 Å². The third kappa shape index (κ3) is 6.04. The number of nitrogens with zero attached hydrogens (tertiary/aromatic N) is 2. The highest BCUT2D eigenvalue weighted by Gasteiger charge is 2.26. The van der Waals surface area contributed by atoms with Crippen LogP contribution in [0.1, 0.15) is 26.2 Å². The summed E-state index contributed by atoms with van der Waals surface area (Å²) in [6.45, 7) is 7.68. The lowest BCUT2D eigenvalue weighted by molar-refractivity contribution is -0.134. The number of hydrogen-bond acceptors (Lipinski definition) is 4. The molecular formula is C21H32N4O2. The second-order valence-corrected chi connectivity index (χ2v) is 7.86. The number of anilines is 1. The zero-order chi connectivity index (χ0) is 19.1. The summed E-state index contributed by atoms with van der Waals surface area (Å²) >= 11 is 0. The molecule has 0 aliphatic carbocycles. The summed E-state index contributed by atoms with van der Waals surface area (Å²) in [4.78, 5) is 28.9. The monoisotopic (exact) mass is 372 g/mol.